The molecule has 0 bridgehead atoms. The van der Waals surface area contributed by atoms with E-state index >= 15 is 0 Å². The number of nitrogens with one attached hydrogen (secondary N) is 2. The van der Waals surface area contributed by atoms with Crippen molar-refractivity contribution in [1.82, 2.24) is 35.3 Å². The third kappa shape index (κ3) is 4.77. The van der Waals surface area contributed by atoms with Crippen LogP contribution in [0.1, 0.15) is 17.3 Å². The monoisotopic (exact) mass is 563 g/mol. The number of nitrogens with zero attached hydrogens (tertiary/aromatic N) is 5. The molecule has 4 aromatic heterocycles. The maximum absolute atomic E-state index is 5.90. The number of hydrogen-bond acceptors (Lipinski definition) is 9. The number of methoxy groups -OCH3 is 1. The highest BCUT2D eigenvalue weighted by molar-refractivity contribution is 6.15. The van der Waals surface area contributed by atoms with Crippen LogP contribution in [0.2, 0.25) is 0 Å². The molecule has 10 heteroatoms. The lowest BCUT2D eigenvalue weighted by Crippen LogP contribution is -2.40. The Kier molecular flexibility index (Phi) is 7.02. The van der Waals surface area contributed by atoms with Crippen molar-refractivity contribution >= 4 is 32.8 Å². The van der Waals surface area contributed by atoms with Crippen molar-refractivity contribution in [2.24, 2.45) is 0 Å². The fraction of sp³-hybridized carbons (Fsp3) is 0.312. The van der Waals surface area contributed by atoms with Crippen molar-refractivity contribution in [1.29, 1.82) is 0 Å². The lowest BCUT2D eigenvalue weighted by atomic mass is 9.99. The number of H-pyrrole nitrogens is 1. The molecular weight excluding hydrogens is 530 g/mol. The minimum atomic E-state index is 0.555. The van der Waals surface area contributed by atoms with E-state index in [2.05, 4.69) is 43.5 Å². The number of morpholine rings is 1. The number of aryl methyl sites for hydroxylation is 2. The Morgan fingerprint density at radius 2 is 1.88 bits per heavy atom. The van der Waals surface area contributed by atoms with Gasteiger partial charge in [-0.15, -0.1) is 0 Å². The smallest absolute Gasteiger partial charge is 0.145 e. The third-order valence-corrected chi connectivity index (χ3v) is 8.02. The summed E-state index contributed by atoms with van der Waals surface area (Å²) in [5, 5.41) is 10.7. The summed E-state index contributed by atoms with van der Waals surface area (Å²) in [4.78, 5) is 20.8. The molecule has 2 N–H and O–H groups in total. The first kappa shape index (κ1) is 26.5. The molecule has 0 amide bonds. The highest BCUT2D eigenvalue weighted by Gasteiger charge is 2.22. The second-order valence-corrected chi connectivity index (χ2v) is 10.6. The number of ether oxygens (including phenoxy) is 2. The van der Waals surface area contributed by atoms with Gasteiger partial charge in [0.15, 0.2) is 0 Å². The molecule has 1 fully saturated rings. The van der Waals surface area contributed by atoms with Crippen molar-refractivity contribution in [2.75, 3.05) is 46.5 Å². The van der Waals surface area contributed by atoms with E-state index in [1.165, 1.54) is 0 Å². The summed E-state index contributed by atoms with van der Waals surface area (Å²) in [6, 6.07) is 14.4. The van der Waals surface area contributed by atoms with E-state index in [0.29, 0.717) is 6.54 Å². The second kappa shape index (κ2) is 11.1. The van der Waals surface area contributed by atoms with Crippen LogP contribution >= 0.6 is 0 Å². The number of aromatic nitrogens is 5. The van der Waals surface area contributed by atoms with Gasteiger partial charge in [0, 0.05) is 59.8 Å². The van der Waals surface area contributed by atoms with E-state index < -0.39 is 0 Å². The van der Waals surface area contributed by atoms with Gasteiger partial charge in [-0.2, -0.15) is 0 Å². The predicted molar refractivity (Wildman–Crippen MR) is 163 cm³/mol. The fourth-order valence-electron chi connectivity index (χ4n) is 5.94. The fourth-order valence-corrected chi connectivity index (χ4v) is 5.94. The first-order valence-corrected chi connectivity index (χ1v) is 14.3. The molecule has 0 spiro atoms. The minimum Gasteiger partial charge on any atom is -0.496 e. The Bertz CT molecular complexity index is 1880. The number of benzene rings is 2. The molecule has 5 heterocycles. The van der Waals surface area contributed by atoms with Gasteiger partial charge in [-0.25, -0.2) is 9.97 Å². The Balaban J connectivity index is 1.36. The Morgan fingerprint density at radius 1 is 1.02 bits per heavy atom. The molecule has 10 nitrogen and oxygen atoms in total. The number of aromatic amines is 1. The summed E-state index contributed by atoms with van der Waals surface area (Å²) in [5.74, 6) is 2.21. The summed E-state index contributed by atoms with van der Waals surface area (Å²) in [7, 11) is 1.69. The van der Waals surface area contributed by atoms with Gasteiger partial charge in [0.05, 0.1) is 54.7 Å². The van der Waals surface area contributed by atoms with Gasteiger partial charge in [0.1, 0.15) is 23.0 Å². The molecule has 1 aliphatic heterocycles. The Hall–Kier alpha value is -4.38. The van der Waals surface area contributed by atoms with E-state index in [0.717, 1.165) is 118 Å². The van der Waals surface area contributed by atoms with Crippen molar-refractivity contribution in [2.45, 2.75) is 20.4 Å². The Labute approximate surface area is 243 Å². The van der Waals surface area contributed by atoms with Gasteiger partial charge < -0.3 is 24.3 Å². The van der Waals surface area contributed by atoms with Crippen LogP contribution in [0.4, 0.5) is 0 Å². The average molecular weight is 564 g/mol. The van der Waals surface area contributed by atoms with E-state index in [4.69, 9.17) is 24.0 Å². The van der Waals surface area contributed by atoms with E-state index in [9.17, 15) is 0 Å². The Morgan fingerprint density at radius 3 is 2.69 bits per heavy atom. The normalized spacial score (nSPS) is 14.4. The maximum atomic E-state index is 5.90. The molecule has 42 heavy (non-hydrogen) atoms. The lowest BCUT2D eigenvalue weighted by molar-refractivity contribution is 0.0384. The third-order valence-electron chi connectivity index (χ3n) is 8.02. The summed E-state index contributed by atoms with van der Waals surface area (Å²) >= 11 is 0. The topological polar surface area (TPSA) is 114 Å². The number of fused-ring (bicyclic) bond motifs is 4. The molecule has 0 saturated carbocycles. The first-order valence-electron chi connectivity index (χ1n) is 14.3. The largest absolute Gasteiger partial charge is 0.496 e. The summed E-state index contributed by atoms with van der Waals surface area (Å²) in [6.45, 7) is 9.76. The van der Waals surface area contributed by atoms with Crippen LogP contribution in [0, 0.1) is 13.8 Å². The molecular formula is C32H33N7O3. The zero-order valence-electron chi connectivity index (χ0n) is 24.0. The zero-order chi connectivity index (χ0) is 28.6. The van der Waals surface area contributed by atoms with Crippen LogP contribution in [-0.2, 0) is 11.3 Å². The molecule has 0 atom stereocenters. The number of pyridine rings is 1. The summed E-state index contributed by atoms with van der Waals surface area (Å²) in [5.41, 5.74) is 7.18. The van der Waals surface area contributed by atoms with Gasteiger partial charge in [0.25, 0.3) is 0 Å². The van der Waals surface area contributed by atoms with Crippen LogP contribution < -0.4 is 10.1 Å². The number of hydrogen-bond donors (Lipinski definition) is 2. The highest BCUT2D eigenvalue weighted by Crippen LogP contribution is 2.42. The first-order chi connectivity index (χ1) is 20.6. The van der Waals surface area contributed by atoms with E-state index in [1.54, 1.807) is 7.11 Å². The van der Waals surface area contributed by atoms with Crippen LogP contribution in [0.25, 0.3) is 55.2 Å². The number of rotatable bonds is 8. The number of para-hydroxylation sites is 1. The van der Waals surface area contributed by atoms with Crippen LogP contribution in [0.3, 0.4) is 0 Å². The molecule has 1 saturated heterocycles. The molecule has 6 aromatic rings. The molecule has 0 unspecified atom stereocenters. The molecule has 214 valence electrons. The average Bonchev–Trinajstić information content (AvgIpc) is 3.56. The van der Waals surface area contributed by atoms with Gasteiger partial charge in [-0.1, -0.05) is 23.4 Å². The predicted octanol–water partition coefficient (Wildman–Crippen LogP) is 5.03. The van der Waals surface area contributed by atoms with Gasteiger partial charge >= 0.3 is 0 Å². The van der Waals surface area contributed by atoms with Crippen molar-refractivity contribution in [3.8, 4) is 28.1 Å². The van der Waals surface area contributed by atoms with Gasteiger partial charge in [-0.3, -0.25) is 9.88 Å². The van der Waals surface area contributed by atoms with Crippen molar-refractivity contribution in [3.63, 3.8) is 0 Å². The molecule has 1 aliphatic rings. The second-order valence-electron chi connectivity index (χ2n) is 10.6. The molecule has 0 radical (unpaired) electrons. The van der Waals surface area contributed by atoms with Crippen LogP contribution in [-0.4, -0.2) is 76.5 Å². The highest BCUT2D eigenvalue weighted by atomic mass is 16.5. The van der Waals surface area contributed by atoms with Crippen LogP contribution in [0.15, 0.2) is 53.2 Å². The summed E-state index contributed by atoms with van der Waals surface area (Å²) in [6.07, 6.45) is 1.84. The SMILES string of the molecule is COc1cc2c(cc1-c1c(C)noc1C)[nH]c1nc(CNCCN3CCOCC3)nc(-c3ccnc4ccccc34)c12. The molecule has 7 rings (SSSR count). The zero-order valence-corrected chi connectivity index (χ0v) is 24.0. The summed E-state index contributed by atoms with van der Waals surface area (Å²) < 4.78 is 16.9. The quantitative estimate of drug-likeness (QED) is 0.246. The standard InChI is InChI=1S/C32H33N7O3/c1-19-29(20(2)42-38-19)24-16-26-23(17-27(24)40-3)30-31(22-8-9-34-25-7-5-4-6-21(22)25)36-28(37-32(30)35-26)18-33-10-11-39-12-14-41-15-13-39/h4-9,16-17,33H,10-15,18H2,1-3H3,(H,35,36,37). The van der Waals surface area contributed by atoms with Crippen LogP contribution in [0.5, 0.6) is 5.75 Å². The van der Waals surface area contributed by atoms with Gasteiger partial charge in [-0.05, 0) is 38.1 Å². The van der Waals surface area contributed by atoms with Crippen molar-refractivity contribution < 1.29 is 14.0 Å². The molecule has 0 aliphatic carbocycles. The van der Waals surface area contributed by atoms with Gasteiger partial charge in [0.2, 0.25) is 0 Å². The molecule has 2 aromatic carbocycles. The van der Waals surface area contributed by atoms with Crippen molar-refractivity contribution in [3.05, 3.63) is 65.9 Å². The van der Waals surface area contributed by atoms with E-state index in [1.807, 2.05) is 44.3 Å². The minimum absolute atomic E-state index is 0.555. The lowest BCUT2D eigenvalue weighted by Gasteiger charge is -2.26. The maximum Gasteiger partial charge on any atom is 0.145 e. The van der Waals surface area contributed by atoms with E-state index in [-0.39, 0.29) is 0 Å².